The van der Waals surface area contributed by atoms with Gasteiger partial charge in [-0.15, -0.1) is 22.7 Å². The van der Waals surface area contributed by atoms with E-state index in [0.717, 1.165) is 33.6 Å². The molecule has 0 fully saturated rings. The Morgan fingerprint density at radius 2 is 2.21 bits per heavy atom. The highest BCUT2D eigenvalue weighted by Crippen LogP contribution is 2.17. The van der Waals surface area contributed by atoms with Gasteiger partial charge in [0.05, 0.1) is 22.6 Å². The Hall–Kier alpha value is -1.46. The van der Waals surface area contributed by atoms with Crippen LogP contribution in [0.5, 0.6) is 0 Å². The molecule has 0 aromatic carbocycles. The Balaban J connectivity index is 1.91. The number of hydrogen-bond donors (Lipinski definition) is 0. The fourth-order valence-electron chi connectivity index (χ4n) is 2.06. The maximum absolute atomic E-state index is 12.3. The van der Waals surface area contributed by atoms with Crippen molar-refractivity contribution in [3.05, 3.63) is 50.1 Å². The van der Waals surface area contributed by atoms with E-state index in [9.17, 15) is 4.79 Å². The minimum absolute atomic E-state index is 0.0730. The molecule has 0 aliphatic carbocycles. The third-order valence-corrected chi connectivity index (χ3v) is 4.83. The van der Waals surface area contributed by atoms with Crippen LogP contribution in [0, 0.1) is 0 Å². The second kappa shape index (κ2) is 5.27. The zero-order valence-corrected chi connectivity index (χ0v) is 12.3. The van der Waals surface area contributed by atoms with Crippen molar-refractivity contribution in [1.29, 1.82) is 0 Å². The van der Waals surface area contributed by atoms with Crippen molar-refractivity contribution in [3.63, 3.8) is 0 Å². The van der Waals surface area contributed by atoms with Crippen molar-refractivity contribution in [1.82, 2.24) is 9.55 Å². The maximum atomic E-state index is 12.3. The summed E-state index contributed by atoms with van der Waals surface area (Å²) in [6, 6.07) is 3.89. The van der Waals surface area contributed by atoms with Gasteiger partial charge in [0, 0.05) is 16.3 Å². The molecular weight excluding hydrogens is 276 g/mol. The van der Waals surface area contributed by atoms with Gasteiger partial charge in [0.2, 0.25) is 0 Å². The van der Waals surface area contributed by atoms with Gasteiger partial charge in [-0.2, -0.15) is 0 Å². The van der Waals surface area contributed by atoms with Gasteiger partial charge in [0.1, 0.15) is 0 Å². The minimum atomic E-state index is 0.0730. The van der Waals surface area contributed by atoms with Gasteiger partial charge in [0.15, 0.2) is 0 Å². The Morgan fingerprint density at radius 3 is 3.05 bits per heavy atom. The third kappa shape index (κ3) is 2.48. The predicted octanol–water partition coefficient (Wildman–Crippen LogP) is 3.52. The first-order valence-corrected chi connectivity index (χ1v) is 8.04. The number of aromatic nitrogens is 2. The lowest BCUT2D eigenvalue weighted by Crippen LogP contribution is -2.19. The van der Waals surface area contributed by atoms with Crippen molar-refractivity contribution >= 4 is 32.8 Å². The van der Waals surface area contributed by atoms with Crippen molar-refractivity contribution in [2.45, 2.75) is 26.3 Å². The molecule has 3 heterocycles. The quantitative estimate of drug-likeness (QED) is 0.737. The van der Waals surface area contributed by atoms with Crippen molar-refractivity contribution in [3.8, 4) is 0 Å². The molecule has 0 aliphatic heterocycles. The van der Waals surface area contributed by atoms with Crippen molar-refractivity contribution in [2.24, 2.45) is 0 Å². The molecule has 0 saturated heterocycles. The Morgan fingerprint density at radius 1 is 1.32 bits per heavy atom. The summed E-state index contributed by atoms with van der Waals surface area (Å²) in [5.41, 5.74) is 1.05. The standard InChI is InChI=1S/C14H14N2OS2/c1-2-3-13-15-10(9-19-13)8-16-6-4-12-11(14(16)17)5-7-18-12/h4-7,9H,2-3,8H2,1H3. The molecule has 0 radical (unpaired) electrons. The molecule has 3 nitrogen and oxygen atoms in total. The highest BCUT2D eigenvalue weighted by Gasteiger charge is 2.06. The van der Waals surface area contributed by atoms with Gasteiger partial charge in [-0.05, 0) is 30.4 Å². The molecule has 3 aromatic heterocycles. The second-order valence-electron chi connectivity index (χ2n) is 4.43. The predicted molar refractivity (Wildman–Crippen MR) is 81.3 cm³/mol. The summed E-state index contributed by atoms with van der Waals surface area (Å²) in [5.74, 6) is 0. The number of nitrogens with zero attached hydrogens (tertiary/aromatic N) is 2. The van der Waals surface area contributed by atoms with E-state index in [0.29, 0.717) is 6.54 Å². The van der Waals surface area contributed by atoms with E-state index in [2.05, 4.69) is 17.3 Å². The Labute approximate surface area is 119 Å². The smallest absolute Gasteiger partial charge is 0.259 e. The Kier molecular flexibility index (Phi) is 3.48. The molecule has 0 saturated carbocycles. The molecule has 0 atom stereocenters. The van der Waals surface area contributed by atoms with Crippen molar-refractivity contribution in [2.75, 3.05) is 0 Å². The zero-order chi connectivity index (χ0) is 13.2. The average molecular weight is 290 g/mol. The van der Waals surface area contributed by atoms with Crippen LogP contribution in [-0.4, -0.2) is 9.55 Å². The number of rotatable bonds is 4. The van der Waals surface area contributed by atoms with Gasteiger partial charge in [0.25, 0.3) is 5.56 Å². The maximum Gasteiger partial charge on any atom is 0.259 e. The topological polar surface area (TPSA) is 34.9 Å². The number of aryl methyl sites for hydroxylation is 1. The van der Waals surface area contributed by atoms with Gasteiger partial charge >= 0.3 is 0 Å². The molecule has 0 spiro atoms. The lowest BCUT2D eigenvalue weighted by atomic mass is 10.3. The lowest BCUT2D eigenvalue weighted by molar-refractivity contribution is 0.746. The minimum Gasteiger partial charge on any atom is -0.309 e. The Bertz CT molecular complexity index is 754. The summed E-state index contributed by atoms with van der Waals surface area (Å²) >= 11 is 3.28. The molecule has 3 rings (SSSR count). The van der Waals surface area contributed by atoms with E-state index in [1.54, 1.807) is 27.2 Å². The first kappa shape index (κ1) is 12.6. The molecule has 5 heteroatoms. The molecule has 3 aromatic rings. The molecular formula is C14H14N2OS2. The molecule has 0 amide bonds. The summed E-state index contributed by atoms with van der Waals surface area (Å²) in [6.07, 6.45) is 3.98. The molecule has 0 N–H and O–H groups in total. The van der Waals surface area contributed by atoms with E-state index in [-0.39, 0.29) is 5.56 Å². The van der Waals surface area contributed by atoms with Crippen LogP contribution in [0.3, 0.4) is 0 Å². The first-order chi connectivity index (χ1) is 9.28. The molecule has 0 unspecified atom stereocenters. The van der Waals surface area contributed by atoms with Crippen LogP contribution in [-0.2, 0) is 13.0 Å². The van der Waals surface area contributed by atoms with E-state index in [1.807, 2.05) is 23.7 Å². The van der Waals surface area contributed by atoms with Crippen LogP contribution in [0.25, 0.3) is 10.1 Å². The highest BCUT2D eigenvalue weighted by molar-refractivity contribution is 7.17. The van der Waals surface area contributed by atoms with Crippen LogP contribution in [0.2, 0.25) is 0 Å². The summed E-state index contributed by atoms with van der Waals surface area (Å²) in [6.45, 7) is 2.71. The SMILES string of the molecule is CCCc1nc(Cn2ccc3sccc3c2=O)cs1. The second-order valence-corrected chi connectivity index (χ2v) is 6.32. The number of fused-ring (bicyclic) bond motifs is 1. The fraction of sp³-hybridized carbons (Fsp3) is 0.286. The summed E-state index contributed by atoms with van der Waals surface area (Å²) in [4.78, 5) is 16.8. The van der Waals surface area contributed by atoms with Crippen LogP contribution in [0.1, 0.15) is 24.0 Å². The molecule has 19 heavy (non-hydrogen) atoms. The number of pyridine rings is 1. The van der Waals surface area contributed by atoms with Crippen LogP contribution >= 0.6 is 22.7 Å². The van der Waals surface area contributed by atoms with Gasteiger partial charge < -0.3 is 4.57 Å². The van der Waals surface area contributed by atoms with Crippen LogP contribution < -0.4 is 5.56 Å². The van der Waals surface area contributed by atoms with Gasteiger partial charge in [-0.25, -0.2) is 4.98 Å². The number of thiazole rings is 1. The van der Waals surface area contributed by atoms with Crippen molar-refractivity contribution < 1.29 is 0 Å². The summed E-state index contributed by atoms with van der Waals surface area (Å²) < 4.78 is 2.78. The summed E-state index contributed by atoms with van der Waals surface area (Å²) in [5, 5.41) is 5.96. The zero-order valence-electron chi connectivity index (χ0n) is 10.6. The number of hydrogen-bond acceptors (Lipinski definition) is 4. The van der Waals surface area contributed by atoms with Gasteiger partial charge in [-0.1, -0.05) is 6.92 Å². The van der Waals surface area contributed by atoms with Gasteiger partial charge in [-0.3, -0.25) is 4.79 Å². The van der Waals surface area contributed by atoms with Crippen LogP contribution in [0.4, 0.5) is 0 Å². The first-order valence-electron chi connectivity index (χ1n) is 6.28. The van der Waals surface area contributed by atoms with E-state index < -0.39 is 0 Å². The lowest BCUT2D eigenvalue weighted by Gasteiger charge is -2.03. The molecule has 98 valence electrons. The summed E-state index contributed by atoms with van der Waals surface area (Å²) in [7, 11) is 0. The van der Waals surface area contributed by atoms with E-state index in [1.165, 1.54) is 0 Å². The normalized spacial score (nSPS) is 11.2. The molecule has 0 aliphatic rings. The molecule has 0 bridgehead atoms. The monoisotopic (exact) mass is 290 g/mol. The fourth-order valence-corrected chi connectivity index (χ4v) is 3.72. The van der Waals surface area contributed by atoms with E-state index in [4.69, 9.17) is 0 Å². The third-order valence-electron chi connectivity index (χ3n) is 2.99. The number of thiophene rings is 1. The largest absolute Gasteiger partial charge is 0.309 e. The highest BCUT2D eigenvalue weighted by atomic mass is 32.1. The van der Waals surface area contributed by atoms with E-state index >= 15 is 0 Å². The van der Waals surface area contributed by atoms with Crippen LogP contribution in [0.15, 0.2) is 33.9 Å². The average Bonchev–Trinajstić information content (AvgIpc) is 3.03.